The molecule has 0 unspecified atom stereocenters. The molecule has 2 N–H and O–H groups in total. The van der Waals surface area contributed by atoms with Crippen molar-refractivity contribution in [2.24, 2.45) is 0 Å². The first-order chi connectivity index (χ1) is 9.38. The second kappa shape index (κ2) is 7.22. The smallest absolute Gasteiger partial charge is 0.257 e. The van der Waals surface area contributed by atoms with Crippen molar-refractivity contribution in [1.82, 2.24) is 4.90 Å². The molecule has 0 fully saturated rings. The zero-order valence-corrected chi connectivity index (χ0v) is 12.2. The molecule has 3 nitrogen and oxygen atoms in total. The average Bonchev–Trinajstić information content (AvgIpc) is 2.38. The van der Waals surface area contributed by atoms with E-state index >= 15 is 0 Å². The van der Waals surface area contributed by atoms with E-state index in [-0.39, 0.29) is 17.3 Å². The van der Waals surface area contributed by atoms with Crippen molar-refractivity contribution in [1.29, 1.82) is 0 Å². The summed E-state index contributed by atoms with van der Waals surface area (Å²) in [7, 11) is 0. The zero-order chi connectivity index (χ0) is 15.3. The highest BCUT2D eigenvalue weighted by atomic mass is 19.1. The third-order valence-corrected chi connectivity index (χ3v) is 3.20. The van der Waals surface area contributed by atoms with Gasteiger partial charge in [-0.1, -0.05) is 19.8 Å². The van der Waals surface area contributed by atoms with Crippen molar-refractivity contribution < 1.29 is 13.6 Å². The van der Waals surface area contributed by atoms with Crippen molar-refractivity contribution in [3.05, 3.63) is 29.3 Å². The van der Waals surface area contributed by atoms with E-state index in [4.69, 9.17) is 5.73 Å². The van der Waals surface area contributed by atoms with E-state index in [2.05, 4.69) is 6.92 Å². The molecule has 0 radical (unpaired) electrons. The van der Waals surface area contributed by atoms with Gasteiger partial charge in [0.15, 0.2) is 0 Å². The number of hydrogen-bond acceptors (Lipinski definition) is 2. The number of carbonyl (C=O) groups excluding carboxylic acids is 1. The molecule has 20 heavy (non-hydrogen) atoms. The van der Waals surface area contributed by atoms with E-state index in [1.807, 2.05) is 13.8 Å². The summed E-state index contributed by atoms with van der Waals surface area (Å²) in [5.74, 6) is -2.16. The Morgan fingerprint density at radius 2 is 1.90 bits per heavy atom. The predicted molar refractivity (Wildman–Crippen MR) is 76.5 cm³/mol. The van der Waals surface area contributed by atoms with Crippen LogP contribution in [-0.2, 0) is 0 Å². The number of rotatable bonds is 6. The number of hydrogen-bond donors (Lipinski definition) is 1. The van der Waals surface area contributed by atoms with Gasteiger partial charge in [0, 0.05) is 18.7 Å². The van der Waals surface area contributed by atoms with Crippen molar-refractivity contribution in [3.8, 4) is 0 Å². The van der Waals surface area contributed by atoms with Crippen LogP contribution in [0.5, 0.6) is 0 Å². The van der Waals surface area contributed by atoms with Crippen LogP contribution in [0.1, 0.15) is 50.4 Å². The summed E-state index contributed by atoms with van der Waals surface area (Å²) in [6.45, 7) is 6.37. The molecule has 1 aromatic rings. The van der Waals surface area contributed by atoms with Crippen LogP contribution in [0.25, 0.3) is 0 Å². The van der Waals surface area contributed by atoms with Gasteiger partial charge in [-0.3, -0.25) is 4.79 Å². The summed E-state index contributed by atoms with van der Waals surface area (Å²) >= 11 is 0. The Hall–Kier alpha value is -1.65. The van der Waals surface area contributed by atoms with Gasteiger partial charge in [-0.25, -0.2) is 8.78 Å². The molecule has 0 aliphatic heterocycles. The van der Waals surface area contributed by atoms with Crippen LogP contribution in [0.2, 0.25) is 0 Å². The fraction of sp³-hybridized carbons (Fsp3) is 0.533. The number of anilines is 1. The standard InChI is InChI=1S/C15H22F2N2O/c1-4-5-6-7-19(10(2)3)15(20)11-8-14(18)13(17)9-12(11)16/h8-10H,4-7,18H2,1-3H3. The fourth-order valence-electron chi connectivity index (χ4n) is 2.01. The minimum absolute atomic E-state index is 0.0509. The topological polar surface area (TPSA) is 46.3 Å². The summed E-state index contributed by atoms with van der Waals surface area (Å²) in [5, 5.41) is 0. The lowest BCUT2D eigenvalue weighted by Gasteiger charge is -2.27. The van der Waals surface area contributed by atoms with Crippen LogP contribution >= 0.6 is 0 Å². The number of nitrogens with zero attached hydrogens (tertiary/aromatic N) is 1. The lowest BCUT2D eigenvalue weighted by Crippen LogP contribution is -2.38. The highest BCUT2D eigenvalue weighted by Crippen LogP contribution is 2.19. The molecule has 1 aromatic carbocycles. The van der Waals surface area contributed by atoms with Crippen molar-refractivity contribution in [3.63, 3.8) is 0 Å². The van der Waals surface area contributed by atoms with Gasteiger partial charge < -0.3 is 10.6 Å². The van der Waals surface area contributed by atoms with E-state index in [0.29, 0.717) is 12.6 Å². The van der Waals surface area contributed by atoms with Crippen molar-refractivity contribution in [2.45, 2.75) is 46.1 Å². The number of carbonyl (C=O) groups is 1. The Morgan fingerprint density at radius 3 is 2.45 bits per heavy atom. The highest BCUT2D eigenvalue weighted by Gasteiger charge is 2.22. The molecule has 0 saturated carbocycles. The van der Waals surface area contributed by atoms with Gasteiger partial charge in [-0.15, -0.1) is 0 Å². The first-order valence-corrected chi connectivity index (χ1v) is 6.94. The fourth-order valence-corrected chi connectivity index (χ4v) is 2.01. The van der Waals surface area contributed by atoms with Crippen LogP contribution in [0.4, 0.5) is 14.5 Å². The van der Waals surface area contributed by atoms with E-state index in [9.17, 15) is 13.6 Å². The van der Waals surface area contributed by atoms with Gasteiger partial charge in [0.05, 0.1) is 11.3 Å². The lowest BCUT2D eigenvalue weighted by molar-refractivity contribution is 0.0697. The molecule has 0 heterocycles. The third-order valence-electron chi connectivity index (χ3n) is 3.20. The minimum Gasteiger partial charge on any atom is -0.396 e. The van der Waals surface area contributed by atoms with Crippen molar-refractivity contribution in [2.75, 3.05) is 12.3 Å². The van der Waals surface area contributed by atoms with Crippen LogP contribution in [0.3, 0.4) is 0 Å². The first-order valence-electron chi connectivity index (χ1n) is 6.94. The molecule has 112 valence electrons. The molecule has 0 bridgehead atoms. The maximum atomic E-state index is 13.7. The zero-order valence-electron chi connectivity index (χ0n) is 12.2. The van der Waals surface area contributed by atoms with Gasteiger partial charge >= 0.3 is 0 Å². The Morgan fingerprint density at radius 1 is 1.25 bits per heavy atom. The van der Waals surface area contributed by atoms with Gasteiger partial charge in [-0.2, -0.15) is 0 Å². The molecule has 0 atom stereocenters. The minimum atomic E-state index is -0.872. The summed E-state index contributed by atoms with van der Waals surface area (Å²) in [4.78, 5) is 14.0. The molecule has 0 saturated heterocycles. The largest absolute Gasteiger partial charge is 0.396 e. The van der Waals surface area contributed by atoms with Crippen molar-refractivity contribution >= 4 is 11.6 Å². The summed E-state index contributed by atoms with van der Waals surface area (Å²) in [6.07, 6.45) is 2.90. The predicted octanol–water partition coefficient (Wildman–Crippen LogP) is 3.59. The second-order valence-electron chi connectivity index (χ2n) is 5.15. The number of benzene rings is 1. The molecule has 0 aliphatic rings. The molecule has 5 heteroatoms. The molecular formula is C15H22F2N2O. The van der Waals surface area contributed by atoms with Gasteiger partial charge in [0.2, 0.25) is 0 Å². The maximum absolute atomic E-state index is 13.7. The van der Waals surface area contributed by atoms with Crippen LogP contribution in [0, 0.1) is 11.6 Å². The summed E-state index contributed by atoms with van der Waals surface area (Å²) < 4.78 is 26.9. The van der Waals surface area contributed by atoms with E-state index in [1.165, 1.54) is 0 Å². The Kier molecular flexibility index (Phi) is 5.92. The summed E-state index contributed by atoms with van der Waals surface area (Å²) in [6, 6.07) is 1.68. The van der Waals surface area contributed by atoms with Gasteiger partial charge in [0.25, 0.3) is 5.91 Å². The molecule has 0 aliphatic carbocycles. The Balaban J connectivity index is 2.97. The first kappa shape index (κ1) is 16.4. The Bertz CT molecular complexity index is 475. The molecule has 0 aromatic heterocycles. The van der Waals surface area contributed by atoms with E-state index in [1.54, 1.807) is 4.90 Å². The van der Waals surface area contributed by atoms with E-state index < -0.39 is 17.5 Å². The maximum Gasteiger partial charge on any atom is 0.257 e. The molecular weight excluding hydrogens is 262 g/mol. The second-order valence-corrected chi connectivity index (χ2v) is 5.15. The van der Waals surface area contributed by atoms with E-state index in [0.717, 1.165) is 25.3 Å². The lowest BCUT2D eigenvalue weighted by atomic mass is 10.1. The number of unbranched alkanes of at least 4 members (excludes halogenated alkanes) is 2. The summed E-state index contributed by atoms with van der Waals surface area (Å²) in [5.41, 5.74) is 5.02. The Labute approximate surface area is 118 Å². The SMILES string of the molecule is CCCCCN(C(=O)c1cc(N)c(F)cc1F)C(C)C. The van der Waals surface area contributed by atoms with Crippen LogP contribution < -0.4 is 5.73 Å². The average molecular weight is 284 g/mol. The molecule has 1 rings (SSSR count). The molecule has 0 spiro atoms. The molecule has 1 amide bonds. The normalized spacial score (nSPS) is 10.9. The van der Waals surface area contributed by atoms with Gasteiger partial charge in [0.1, 0.15) is 11.6 Å². The number of nitrogen functional groups attached to an aromatic ring is 1. The number of amides is 1. The highest BCUT2D eigenvalue weighted by molar-refractivity contribution is 5.95. The van der Waals surface area contributed by atoms with Crippen LogP contribution in [-0.4, -0.2) is 23.4 Å². The third kappa shape index (κ3) is 3.92. The monoisotopic (exact) mass is 284 g/mol. The number of nitrogens with two attached hydrogens (primary N) is 1. The number of halogens is 2. The van der Waals surface area contributed by atoms with Gasteiger partial charge in [-0.05, 0) is 26.3 Å². The quantitative estimate of drug-likeness (QED) is 0.641. The van der Waals surface area contributed by atoms with Crippen LogP contribution in [0.15, 0.2) is 12.1 Å².